The summed E-state index contributed by atoms with van der Waals surface area (Å²) in [7, 11) is 1.65. The molecule has 1 fully saturated rings. The molecule has 7 heteroatoms. The van der Waals surface area contributed by atoms with Gasteiger partial charge in [0.25, 0.3) is 5.91 Å². The van der Waals surface area contributed by atoms with Crippen LogP contribution in [-0.4, -0.2) is 55.3 Å². The van der Waals surface area contributed by atoms with E-state index in [9.17, 15) is 9.18 Å². The molecule has 1 heterocycles. The minimum absolute atomic E-state index is 0.0418. The molecular formula is C16H22FN3O2S. The standard InChI is InChI=1S/C16H22FN3O2S/c1-22-11-8-18-16(23)20-9-6-12(7-10-20)19-15(21)13-4-2-3-5-14(13)17/h2-5,12H,6-11H2,1H3,(H,18,23)(H,19,21). The second-order valence-corrected chi connectivity index (χ2v) is 5.83. The maximum Gasteiger partial charge on any atom is 0.254 e. The van der Waals surface area contributed by atoms with Crippen molar-refractivity contribution in [2.45, 2.75) is 18.9 Å². The van der Waals surface area contributed by atoms with Crippen LogP contribution in [0, 0.1) is 5.82 Å². The van der Waals surface area contributed by atoms with Gasteiger partial charge in [0.2, 0.25) is 0 Å². The molecule has 0 aliphatic carbocycles. The van der Waals surface area contributed by atoms with Crippen LogP contribution < -0.4 is 10.6 Å². The molecule has 0 unspecified atom stereocenters. The van der Waals surface area contributed by atoms with E-state index >= 15 is 0 Å². The molecule has 0 radical (unpaired) electrons. The summed E-state index contributed by atoms with van der Waals surface area (Å²) < 4.78 is 18.6. The van der Waals surface area contributed by atoms with Crippen LogP contribution in [0.25, 0.3) is 0 Å². The fraction of sp³-hybridized carbons (Fsp3) is 0.500. The molecule has 1 saturated heterocycles. The lowest BCUT2D eigenvalue weighted by atomic mass is 10.0. The lowest BCUT2D eigenvalue weighted by molar-refractivity contribution is 0.0918. The lowest BCUT2D eigenvalue weighted by Gasteiger charge is -2.34. The van der Waals surface area contributed by atoms with E-state index in [1.807, 2.05) is 0 Å². The Morgan fingerprint density at radius 3 is 2.74 bits per heavy atom. The molecule has 2 rings (SSSR count). The molecule has 1 aliphatic heterocycles. The van der Waals surface area contributed by atoms with Gasteiger partial charge < -0.3 is 20.3 Å². The number of thiocarbonyl (C=S) groups is 1. The summed E-state index contributed by atoms with van der Waals surface area (Å²) in [6.45, 7) is 2.82. The topological polar surface area (TPSA) is 53.6 Å². The third-order valence-electron chi connectivity index (χ3n) is 3.82. The van der Waals surface area contributed by atoms with Crippen LogP contribution in [0.15, 0.2) is 24.3 Å². The number of nitrogens with zero attached hydrogens (tertiary/aromatic N) is 1. The van der Waals surface area contributed by atoms with Gasteiger partial charge in [-0.2, -0.15) is 0 Å². The molecule has 0 aromatic heterocycles. The second kappa shape index (κ2) is 8.79. The van der Waals surface area contributed by atoms with Crippen molar-refractivity contribution in [1.29, 1.82) is 0 Å². The fourth-order valence-corrected chi connectivity index (χ4v) is 2.79. The van der Waals surface area contributed by atoms with Crippen LogP contribution in [0.2, 0.25) is 0 Å². The highest BCUT2D eigenvalue weighted by Gasteiger charge is 2.23. The first-order valence-electron chi connectivity index (χ1n) is 7.69. The highest BCUT2D eigenvalue weighted by atomic mass is 32.1. The Morgan fingerprint density at radius 2 is 2.09 bits per heavy atom. The molecule has 5 nitrogen and oxygen atoms in total. The van der Waals surface area contributed by atoms with E-state index in [0.29, 0.717) is 18.3 Å². The van der Waals surface area contributed by atoms with Gasteiger partial charge in [-0.05, 0) is 37.2 Å². The zero-order chi connectivity index (χ0) is 16.7. The molecule has 0 atom stereocenters. The number of carbonyl (C=O) groups is 1. The Balaban J connectivity index is 1.77. The zero-order valence-corrected chi connectivity index (χ0v) is 14.0. The highest BCUT2D eigenvalue weighted by molar-refractivity contribution is 7.80. The Labute approximate surface area is 141 Å². The molecule has 2 N–H and O–H groups in total. The molecule has 23 heavy (non-hydrogen) atoms. The van der Waals surface area contributed by atoms with Crippen molar-refractivity contribution in [3.8, 4) is 0 Å². The summed E-state index contributed by atoms with van der Waals surface area (Å²) in [5.74, 6) is -0.853. The van der Waals surface area contributed by atoms with Gasteiger partial charge in [0.05, 0.1) is 12.2 Å². The number of likely N-dealkylation sites (tertiary alicyclic amines) is 1. The summed E-state index contributed by atoms with van der Waals surface area (Å²) in [5.41, 5.74) is 0.0895. The smallest absolute Gasteiger partial charge is 0.254 e. The largest absolute Gasteiger partial charge is 0.383 e. The first kappa shape index (κ1) is 17.6. The fourth-order valence-electron chi connectivity index (χ4n) is 2.51. The van der Waals surface area contributed by atoms with E-state index in [2.05, 4.69) is 15.5 Å². The number of ether oxygens (including phenoxy) is 1. The van der Waals surface area contributed by atoms with Crippen molar-refractivity contribution in [1.82, 2.24) is 15.5 Å². The molecule has 0 bridgehead atoms. The predicted molar refractivity (Wildman–Crippen MR) is 90.9 cm³/mol. The minimum atomic E-state index is -0.494. The van der Waals surface area contributed by atoms with Crippen molar-refractivity contribution in [2.75, 3.05) is 33.4 Å². The SMILES string of the molecule is COCCNC(=S)N1CCC(NC(=O)c2ccccc2F)CC1. The van der Waals surface area contributed by atoms with Crippen molar-refractivity contribution in [3.63, 3.8) is 0 Å². The van der Waals surface area contributed by atoms with Gasteiger partial charge in [0.1, 0.15) is 5.82 Å². The summed E-state index contributed by atoms with van der Waals surface area (Å²) in [4.78, 5) is 14.2. The number of amides is 1. The van der Waals surface area contributed by atoms with Gasteiger partial charge in [-0.3, -0.25) is 4.79 Å². The van der Waals surface area contributed by atoms with Gasteiger partial charge in [-0.15, -0.1) is 0 Å². The van der Waals surface area contributed by atoms with E-state index < -0.39 is 5.82 Å². The highest BCUT2D eigenvalue weighted by Crippen LogP contribution is 2.13. The van der Waals surface area contributed by atoms with Gasteiger partial charge >= 0.3 is 0 Å². The molecule has 1 aromatic carbocycles. The number of methoxy groups -OCH3 is 1. The van der Waals surface area contributed by atoms with Gasteiger partial charge in [-0.1, -0.05) is 12.1 Å². The summed E-state index contributed by atoms with van der Waals surface area (Å²) in [6, 6.07) is 6.06. The maximum atomic E-state index is 13.6. The Kier molecular flexibility index (Phi) is 6.73. The molecule has 1 aliphatic rings. The number of carbonyl (C=O) groups excluding carboxylic acids is 1. The Bertz CT molecular complexity index is 548. The van der Waals surface area contributed by atoms with Crippen molar-refractivity contribution >= 4 is 23.2 Å². The van der Waals surface area contributed by atoms with Crippen molar-refractivity contribution < 1.29 is 13.9 Å². The van der Waals surface area contributed by atoms with E-state index in [0.717, 1.165) is 25.9 Å². The van der Waals surface area contributed by atoms with Crippen LogP contribution in [0.3, 0.4) is 0 Å². The van der Waals surface area contributed by atoms with Gasteiger partial charge in [0.15, 0.2) is 5.11 Å². The number of nitrogens with one attached hydrogen (secondary N) is 2. The monoisotopic (exact) mass is 339 g/mol. The van der Waals surface area contributed by atoms with Gasteiger partial charge in [-0.25, -0.2) is 4.39 Å². The number of rotatable bonds is 5. The zero-order valence-electron chi connectivity index (χ0n) is 13.2. The number of hydrogen-bond acceptors (Lipinski definition) is 3. The molecule has 1 aromatic rings. The van der Waals surface area contributed by atoms with Crippen molar-refractivity contribution in [2.24, 2.45) is 0 Å². The number of halogens is 1. The van der Waals surface area contributed by atoms with Crippen molar-refractivity contribution in [3.05, 3.63) is 35.6 Å². The van der Waals surface area contributed by atoms with E-state index in [1.165, 1.54) is 12.1 Å². The van der Waals surface area contributed by atoms with Gasteiger partial charge in [0, 0.05) is 32.8 Å². The summed E-state index contributed by atoms with van der Waals surface area (Å²) in [5, 5.41) is 6.75. The summed E-state index contributed by atoms with van der Waals surface area (Å²) in [6.07, 6.45) is 1.57. The molecule has 0 saturated carbocycles. The second-order valence-electron chi connectivity index (χ2n) is 5.44. The molecule has 0 spiro atoms. The normalized spacial score (nSPS) is 15.3. The van der Waals surface area contributed by atoms with Crippen LogP contribution >= 0.6 is 12.2 Å². The number of piperidine rings is 1. The summed E-state index contributed by atoms with van der Waals surface area (Å²) >= 11 is 5.33. The maximum absolute atomic E-state index is 13.6. The van der Waals surface area contributed by atoms with Crippen LogP contribution in [0.1, 0.15) is 23.2 Å². The quantitative estimate of drug-likeness (QED) is 0.630. The van der Waals surface area contributed by atoms with E-state index in [-0.39, 0.29) is 17.5 Å². The van der Waals surface area contributed by atoms with Crippen LogP contribution in [0.5, 0.6) is 0 Å². The number of hydrogen-bond donors (Lipinski definition) is 2. The lowest BCUT2D eigenvalue weighted by Crippen LogP contribution is -2.49. The van der Waals surface area contributed by atoms with E-state index in [4.69, 9.17) is 17.0 Å². The third kappa shape index (κ3) is 5.14. The molecular weight excluding hydrogens is 317 g/mol. The molecule has 1 amide bonds. The first-order chi connectivity index (χ1) is 11.1. The average molecular weight is 339 g/mol. The number of benzene rings is 1. The minimum Gasteiger partial charge on any atom is -0.383 e. The Morgan fingerprint density at radius 1 is 1.39 bits per heavy atom. The first-order valence-corrected chi connectivity index (χ1v) is 8.09. The average Bonchev–Trinajstić information content (AvgIpc) is 2.56. The van der Waals surface area contributed by atoms with Crippen LogP contribution in [-0.2, 0) is 4.74 Å². The molecule has 126 valence electrons. The Hall–Kier alpha value is -1.73. The van der Waals surface area contributed by atoms with Crippen LogP contribution in [0.4, 0.5) is 4.39 Å². The predicted octanol–water partition coefficient (Wildman–Crippen LogP) is 1.54. The third-order valence-corrected chi connectivity index (χ3v) is 4.22. The van der Waals surface area contributed by atoms with E-state index in [1.54, 1.807) is 19.2 Å².